The highest BCUT2D eigenvalue weighted by Crippen LogP contribution is 2.19. The van der Waals surface area contributed by atoms with E-state index in [1.54, 1.807) is 25.6 Å². The lowest BCUT2D eigenvalue weighted by atomic mass is 10.3. The highest BCUT2D eigenvalue weighted by molar-refractivity contribution is 5.79. The Morgan fingerprint density at radius 1 is 1.57 bits per heavy atom. The number of benzene rings is 1. The van der Waals surface area contributed by atoms with Crippen LogP contribution >= 0.6 is 0 Å². The monoisotopic (exact) mass is 187 g/mol. The molecule has 0 amide bonds. The van der Waals surface area contributed by atoms with Crippen molar-refractivity contribution in [2.75, 3.05) is 7.11 Å². The van der Waals surface area contributed by atoms with Crippen molar-refractivity contribution in [1.29, 1.82) is 0 Å². The van der Waals surface area contributed by atoms with Gasteiger partial charge in [-0.1, -0.05) is 6.07 Å². The molecule has 0 aliphatic carbocycles. The Morgan fingerprint density at radius 2 is 2.43 bits per heavy atom. The summed E-state index contributed by atoms with van der Waals surface area (Å²) in [6.45, 7) is 7.35. The molecule has 0 unspecified atom stereocenters. The number of ether oxygens (including phenoxy) is 1. The minimum absolute atomic E-state index is 0.480. The van der Waals surface area contributed by atoms with Crippen LogP contribution in [0.3, 0.4) is 0 Å². The Labute approximate surface area is 81.6 Å². The summed E-state index contributed by atoms with van der Waals surface area (Å²) in [5, 5.41) is 0. The third-order valence-corrected chi connectivity index (χ3v) is 2.00. The molecule has 0 aliphatic rings. The van der Waals surface area contributed by atoms with E-state index in [4.69, 9.17) is 11.3 Å². The fraction of sp³-hybridized carbons (Fsp3) is 0.200. The molecule has 0 radical (unpaired) electrons. The summed E-state index contributed by atoms with van der Waals surface area (Å²) in [4.78, 5) is 7.53. The van der Waals surface area contributed by atoms with Gasteiger partial charge in [-0.2, -0.15) is 0 Å². The first kappa shape index (κ1) is 8.73. The van der Waals surface area contributed by atoms with Gasteiger partial charge in [-0.05, 0) is 12.1 Å². The molecule has 4 heteroatoms. The van der Waals surface area contributed by atoms with Gasteiger partial charge in [0.05, 0.1) is 23.9 Å². The molecule has 4 nitrogen and oxygen atoms in total. The van der Waals surface area contributed by atoms with Gasteiger partial charge >= 0.3 is 0 Å². The zero-order chi connectivity index (χ0) is 9.97. The molecule has 0 aliphatic heterocycles. The van der Waals surface area contributed by atoms with Crippen molar-refractivity contribution in [3.63, 3.8) is 0 Å². The van der Waals surface area contributed by atoms with Crippen molar-refractivity contribution in [1.82, 2.24) is 9.55 Å². The van der Waals surface area contributed by atoms with E-state index >= 15 is 0 Å². The summed E-state index contributed by atoms with van der Waals surface area (Å²) >= 11 is 0. The molecule has 0 fully saturated rings. The Balaban J connectivity index is 2.55. The van der Waals surface area contributed by atoms with Gasteiger partial charge in [0.15, 0.2) is 5.69 Å². The normalized spacial score (nSPS) is 10.3. The predicted octanol–water partition coefficient (Wildman–Crippen LogP) is 2.19. The molecule has 0 N–H and O–H groups in total. The Bertz CT molecular complexity index is 496. The molecule has 0 bridgehead atoms. The van der Waals surface area contributed by atoms with Gasteiger partial charge in [0.25, 0.3) is 0 Å². The molecule has 0 spiro atoms. The number of hydrogen-bond acceptors (Lipinski definition) is 2. The number of methoxy groups -OCH3 is 1. The molecular formula is C10H9N3O. The lowest BCUT2D eigenvalue weighted by Gasteiger charge is -2.00. The summed E-state index contributed by atoms with van der Waals surface area (Å²) in [5.74, 6) is 0. The molecule has 0 atom stereocenters. The summed E-state index contributed by atoms with van der Waals surface area (Å²) in [6.07, 6.45) is 1.71. The third kappa shape index (κ3) is 1.34. The molecule has 2 rings (SSSR count). The first-order valence-electron chi connectivity index (χ1n) is 4.16. The molecule has 1 aromatic heterocycles. The van der Waals surface area contributed by atoms with Gasteiger partial charge in [-0.3, -0.25) is 0 Å². The van der Waals surface area contributed by atoms with Crippen molar-refractivity contribution in [2.24, 2.45) is 0 Å². The van der Waals surface area contributed by atoms with E-state index in [-0.39, 0.29) is 0 Å². The van der Waals surface area contributed by atoms with Crippen LogP contribution < -0.4 is 0 Å². The lowest BCUT2D eigenvalue weighted by Crippen LogP contribution is -1.96. The topological polar surface area (TPSA) is 31.4 Å². The molecule has 0 saturated carbocycles. The Kier molecular flexibility index (Phi) is 2.17. The highest BCUT2D eigenvalue weighted by atomic mass is 16.5. The Morgan fingerprint density at radius 3 is 3.14 bits per heavy atom. The number of fused-ring (bicyclic) bond motifs is 1. The number of nitrogens with zero attached hydrogens (tertiary/aromatic N) is 3. The van der Waals surface area contributed by atoms with Gasteiger partial charge in [-0.25, -0.2) is 9.83 Å². The maximum absolute atomic E-state index is 6.87. The van der Waals surface area contributed by atoms with Crippen LogP contribution in [0.2, 0.25) is 0 Å². The van der Waals surface area contributed by atoms with Crippen molar-refractivity contribution in [3.8, 4) is 0 Å². The molecule has 2 aromatic rings. The third-order valence-electron chi connectivity index (χ3n) is 2.00. The Hall–Kier alpha value is -1.86. The van der Waals surface area contributed by atoms with Crippen LogP contribution in [0.5, 0.6) is 0 Å². The first-order chi connectivity index (χ1) is 6.85. The molecule has 70 valence electrons. The average molecular weight is 187 g/mol. The van der Waals surface area contributed by atoms with E-state index in [0.29, 0.717) is 12.4 Å². The van der Waals surface area contributed by atoms with Crippen LogP contribution in [0.15, 0.2) is 24.5 Å². The van der Waals surface area contributed by atoms with Crippen LogP contribution in [0.25, 0.3) is 15.9 Å². The molecular weight excluding hydrogens is 178 g/mol. The van der Waals surface area contributed by atoms with E-state index in [1.165, 1.54) is 0 Å². The van der Waals surface area contributed by atoms with Crippen molar-refractivity contribution < 1.29 is 4.74 Å². The zero-order valence-corrected chi connectivity index (χ0v) is 7.77. The van der Waals surface area contributed by atoms with E-state index in [1.807, 2.05) is 10.6 Å². The maximum atomic E-state index is 6.87. The molecule has 1 aromatic carbocycles. The quantitative estimate of drug-likeness (QED) is 0.675. The van der Waals surface area contributed by atoms with Crippen LogP contribution in [0.4, 0.5) is 5.69 Å². The molecule has 14 heavy (non-hydrogen) atoms. The summed E-state index contributed by atoms with van der Waals surface area (Å²) < 4.78 is 6.91. The second-order valence-corrected chi connectivity index (χ2v) is 2.92. The van der Waals surface area contributed by atoms with Crippen LogP contribution in [-0.2, 0) is 11.5 Å². The average Bonchev–Trinajstić information content (AvgIpc) is 2.61. The van der Waals surface area contributed by atoms with Gasteiger partial charge in [0.2, 0.25) is 0 Å². The van der Waals surface area contributed by atoms with Gasteiger partial charge in [0.1, 0.15) is 6.73 Å². The standard InChI is InChI=1S/C10H9N3O/c1-11-8-3-4-10-9(5-8)12-6-13(10)7-14-2/h3-6H,7H2,2H3. The fourth-order valence-corrected chi connectivity index (χ4v) is 1.36. The van der Waals surface area contributed by atoms with E-state index in [0.717, 1.165) is 11.0 Å². The van der Waals surface area contributed by atoms with E-state index in [2.05, 4.69) is 9.83 Å². The second kappa shape index (κ2) is 3.48. The molecule has 0 saturated heterocycles. The highest BCUT2D eigenvalue weighted by Gasteiger charge is 2.02. The number of hydrogen-bond donors (Lipinski definition) is 0. The minimum Gasteiger partial charge on any atom is -0.364 e. The largest absolute Gasteiger partial charge is 0.364 e. The van der Waals surface area contributed by atoms with Crippen molar-refractivity contribution in [3.05, 3.63) is 35.9 Å². The van der Waals surface area contributed by atoms with Crippen LogP contribution in [0, 0.1) is 6.57 Å². The van der Waals surface area contributed by atoms with Crippen molar-refractivity contribution in [2.45, 2.75) is 6.73 Å². The van der Waals surface area contributed by atoms with Crippen LogP contribution in [0.1, 0.15) is 0 Å². The van der Waals surface area contributed by atoms with Crippen molar-refractivity contribution >= 4 is 16.7 Å². The number of imidazole rings is 1. The van der Waals surface area contributed by atoms with E-state index < -0.39 is 0 Å². The van der Waals surface area contributed by atoms with Gasteiger partial charge in [-0.15, -0.1) is 0 Å². The van der Waals surface area contributed by atoms with Crippen LogP contribution in [-0.4, -0.2) is 16.7 Å². The second-order valence-electron chi connectivity index (χ2n) is 2.92. The maximum Gasteiger partial charge on any atom is 0.189 e. The minimum atomic E-state index is 0.480. The SMILES string of the molecule is [C-]#[N+]c1ccc2c(c1)ncn2COC. The summed E-state index contributed by atoms with van der Waals surface area (Å²) in [7, 11) is 1.64. The summed E-state index contributed by atoms with van der Waals surface area (Å²) in [5.41, 5.74) is 2.43. The lowest BCUT2D eigenvalue weighted by molar-refractivity contribution is 0.134. The summed E-state index contributed by atoms with van der Waals surface area (Å²) in [6, 6.07) is 5.44. The predicted molar refractivity (Wildman–Crippen MR) is 53.0 cm³/mol. The first-order valence-corrected chi connectivity index (χ1v) is 4.16. The van der Waals surface area contributed by atoms with Gasteiger partial charge in [0, 0.05) is 7.11 Å². The molecule has 1 heterocycles. The van der Waals surface area contributed by atoms with E-state index in [9.17, 15) is 0 Å². The number of rotatable bonds is 2. The smallest absolute Gasteiger partial charge is 0.189 e. The van der Waals surface area contributed by atoms with Gasteiger partial charge < -0.3 is 9.30 Å². The zero-order valence-electron chi connectivity index (χ0n) is 7.77. The number of aromatic nitrogens is 2. The fourth-order valence-electron chi connectivity index (χ4n) is 1.36.